The van der Waals surface area contributed by atoms with Gasteiger partial charge in [-0.15, -0.1) is 0 Å². The van der Waals surface area contributed by atoms with Gasteiger partial charge in [-0.3, -0.25) is 4.79 Å². The average Bonchev–Trinajstić information content (AvgIpc) is 2.43. The Kier molecular flexibility index (Phi) is 2.01. The summed E-state index contributed by atoms with van der Waals surface area (Å²) in [6.45, 7) is 0. The van der Waals surface area contributed by atoms with Gasteiger partial charge in [-0.25, -0.2) is 8.78 Å². The molecule has 0 aliphatic heterocycles. The van der Waals surface area contributed by atoms with E-state index in [9.17, 15) is 13.6 Å². The van der Waals surface area contributed by atoms with Gasteiger partial charge >= 0.3 is 5.97 Å². The summed E-state index contributed by atoms with van der Waals surface area (Å²) in [4.78, 5) is 10.8. The van der Waals surface area contributed by atoms with Crippen LogP contribution >= 0.6 is 0 Å². The fraction of sp³-hybridized carbons (Fsp3) is 0.300. The van der Waals surface area contributed by atoms with Crippen molar-refractivity contribution in [2.75, 3.05) is 0 Å². The van der Waals surface area contributed by atoms with E-state index in [1.54, 1.807) is 0 Å². The number of aliphatic carboxylic acids is 1. The van der Waals surface area contributed by atoms with Crippen molar-refractivity contribution in [2.45, 2.75) is 18.4 Å². The third kappa shape index (κ3) is 1.48. The van der Waals surface area contributed by atoms with Crippen LogP contribution in [-0.4, -0.2) is 16.6 Å². The second kappa shape index (κ2) is 3.00. The summed E-state index contributed by atoms with van der Waals surface area (Å²) in [6.07, 6.45) is 0.0731. The van der Waals surface area contributed by atoms with Crippen molar-refractivity contribution in [1.82, 2.24) is 0 Å². The molecule has 15 heavy (non-hydrogen) atoms. The van der Waals surface area contributed by atoms with Crippen LogP contribution in [0.25, 0.3) is 0 Å². The van der Waals surface area contributed by atoms with Crippen molar-refractivity contribution in [3.63, 3.8) is 0 Å². The molecule has 0 saturated carbocycles. The summed E-state index contributed by atoms with van der Waals surface area (Å²) in [6, 6.07) is 2.03. The molecule has 3 nitrogen and oxygen atoms in total. The van der Waals surface area contributed by atoms with Crippen molar-refractivity contribution >= 4 is 5.97 Å². The summed E-state index contributed by atoms with van der Waals surface area (Å²) < 4.78 is 25.7. The van der Waals surface area contributed by atoms with Gasteiger partial charge in [0, 0.05) is 12.8 Å². The maximum Gasteiger partial charge on any atom is 0.324 e. The summed E-state index contributed by atoms with van der Waals surface area (Å²) in [5.74, 6) is -3.09. The third-order valence-electron chi connectivity index (χ3n) is 2.68. The van der Waals surface area contributed by atoms with Crippen LogP contribution in [0.15, 0.2) is 12.1 Å². The van der Waals surface area contributed by atoms with Gasteiger partial charge in [0.25, 0.3) is 0 Å². The molecule has 80 valence electrons. The number of hydrogen-bond donors (Lipinski definition) is 2. The highest BCUT2D eigenvalue weighted by Crippen LogP contribution is 2.30. The van der Waals surface area contributed by atoms with Crippen LogP contribution in [0, 0.1) is 11.6 Å². The van der Waals surface area contributed by atoms with Crippen LogP contribution in [-0.2, 0) is 17.6 Å². The molecule has 0 radical (unpaired) electrons. The minimum atomic E-state index is -1.43. The van der Waals surface area contributed by atoms with E-state index in [4.69, 9.17) is 10.8 Å². The molecule has 0 spiro atoms. The number of rotatable bonds is 1. The second-order valence-corrected chi connectivity index (χ2v) is 3.85. The maximum absolute atomic E-state index is 12.9. The Balaban J connectivity index is 2.43. The number of carboxylic acids is 1. The average molecular weight is 213 g/mol. The quantitative estimate of drug-likeness (QED) is 0.726. The number of benzene rings is 1. The van der Waals surface area contributed by atoms with Gasteiger partial charge in [-0.1, -0.05) is 0 Å². The van der Waals surface area contributed by atoms with Gasteiger partial charge in [0.2, 0.25) is 0 Å². The van der Waals surface area contributed by atoms with Crippen molar-refractivity contribution < 1.29 is 18.7 Å². The Morgan fingerprint density at radius 2 is 1.67 bits per heavy atom. The summed E-state index contributed by atoms with van der Waals surface area (Å²) in [7, 11) is 0. The Hall–Kier alpha value is -1.49. The Bertz CT molecular complexity index is 414. The largest absolute Gasteiger partial charge is 0.480 e. The van der Waals surface area contributed by atoms with Crippen molar-refractivity contribution in [3.05, 3.63) is 34.9 Å². The summed E-state index contributed by atoms with van der Waals surface area (Å²) >= 11 is 0. The van der Waals surface area contributed by atoms with Crippen LogP contribution in [0.1, 0.15) is 11.1 Å². The van der Waals surface area contributed by atoms with E-state index in [-0.39, 0.29) is 12.8 Å². The first-order chi connectivity index (χ1) is 6.92. The maximum atomic E-state index is 12.9. The number of carbonyl (C=O) groups is 1. The first-order valence-electron chi connectivity index (χ1n) is 4.41. The molecule has 1 aromatic rings. The third-order valence-corrected chi connectivity index (χ3v) is 2.68. The lowest BCUT2D eigenvalue weighted by atomic mass is 9.98. The zero-order valence-electron chi connectivity index (χ0n) is 7.76. The smallest absolute Gasteiger partial charge is 0.324 e. The lowest BCUT2D eigenvalue weighted by molar-refractivity contribution is -0.142. The fourth-order valence-corrected chi connectivity index (χ4v) is 1.85. The van der Waals surface area contributed by atoms with Crippen molar-refractivity contribution in [1.29, 1.82) is 0 Å². The van der Waals surface area contributed by atoms with Gasteiger partial charge in [0.1, 0.15) is 5.54 Å². The Morgan fingerprint density at radius 3 is 2.00 bits per heavy atom. The number of fused-ring (bicyclic) bond motifs is 1. The topological polar surface area (TPSA) is 63.3 Å². The molecule has 0 atom stereocenters. The van der Waals surface area contributed by atoms with E-state index in [1.165, 1.54) is 0 Å². The molecule has 3 N–H and O–H groups in total. The standard InChI is InChI=1S/C10H9F2NO2/c11-7-1-5-3-10(13,9(14)15)4-6(5)2-8(7)12/h1-2H,3-4,13H2,(H,14,15). The predicted molar refractivity (Wildman–Crippen MR) is 48.3 cm³/mol. The SMILES string of the molecule is NC1(C(=O)O)Cc2cc(F)c(F)cc2C1. The first-order valence-corrected chi connectivity index (χ1v) is 4.41. The van der Waals surface area contributed by atoms with Crippen LogP contribution < -0.4 is 5.73 Å². The van der Waals surface area contributed by atoms with Crippen LogP contribution in [0.5, 0.6) is 0 Å². The number of nitrogens with two attached hydrogens (primary N) is 1. The number of halogens is 2. The molecule has 0 unspecified atom stereocenters. The molecule has 2 rings (SSSR count). The van der Waals surface area contributed by atoms with Gasteiger partial charge in [0.15, 0.2) is 11.6 Å². The second-order valence-electron chi connectivity index (χ2n) is 3.85. The molecule has 1 aliphatic carbocycles. The van der Waals surface area contributed by atoms with Crippen molar-refractivity contribution in [2.24, 2.45) is 5.73 Å². The molecule has 0 saturated heterocycles. The normalized spacial score (nSPS) is 17.5. The Morgan fingerprint density at radius 1 is 1.27 bits per heavy atom. The zero-order valence-corrected chi connectivity index (χ0v) is 7.76. The van der Waals surface area contributed by atoms with E-state index in [2.05, 4.69) is 0 Å². The highest BCUT2D eigenvalue weighted by Gasteiger charge is 2.40. The van der Waals surface area contributed by atoms with Crippen LogP contribution in [0.3, 0.4) is 0 Å². The highest BCUT2D eigenvalue weighted by molar-refractivity contribution is 5.81. The molecule has 0 amide bonds. The van der Waals surface area contributed by atoms with E-state index in [0.717, 1.165) is 12.1 Å². The number of carboxylic acid groups (broad SMARTS) is 1. The van der Waals surface area contributed by atoms with Gasteiger partial charge < -0.3 is 10.8 Å². The number of hydrogen-bond acceptors (Lipinski definition) is 2. The minimum absolute atomic E-state index is 0.0366. The lowest BCUT2D eigenvalue weighted by Crippen LogP contribution is -2.48. The summed E-state index contributed by atoms with van der Waals surface area (Å²) in [5, 5.41) is 8.87. The molecule has 1 aromatic carbocycles. The van der Waals surface area contributed by atoms with E-state index in [0.29, 0.717) is 11.1 Å². The van der Waals surface area contributed by atoms with Crippen molar-refractivity contribution in [3.8, 4) is 0 Å². The van der Waals surface area contributed by atoms with Crippen LogP contribution in [0.2, 0.25) is 0 Å². The molecule has 0 fully saturated rings. The monoisotopic (exact) mass is 213 g/mol. The van der Waals surface area contributed by atoms with E-state index in [1.807, 2.05) is 0 Å². The van der Waals surface area contributed by atoms with E-state index < -0.39 is 23.1 Å². The first kappa shape index (κ1) is 10.0. The van der Waals surface area contributed by atoms with Gasteiger partial charge in [0.05, 0.1) is 0 Å². The van der Waals surface area contributed by atoms with Gasteiger partial charge in [-0.2, -0.15) is 0 Å². The minimum Gasteiger partial charge on any atom is -0.480 e. The highest BCUT2D eigenvalue weighted by atomic mass is 19.2. The molecule has 0 bridgehead atoms. The zero-order chi connectivity index (χ0) is 11.2. The molecular weight excluding hydrogens is 204 g/mol. The Labute approximate surface area is 84.5 Å². The molecule has 5 heteroatoms. The molecule has 0 aromatic heterocycles. The van der Waals surface area contributed by atoms with Crippen LogP contribution in [0.4, 0.5) is 8.78 Å². The van der Waals surface area contributed by atoms with E-state index >= 15 is 0 Å². The van der Waals surface area contributed by atoms with Gasteiger partial charge in [-0.05, 0) is 23.3 Å². The predicted octanol–water partition coefficient (Wildman–Crippen LogP) is 0.845. The molecule has 1 aliphatic rings. The molecule has 0 heterocycles. The fourth-order valence-electron chi connectivity index (χ4n) is 1.85. The summed E-state index contributed by atoms with van der Waals surface area (Å²) in [5.41, 5.74) is 5.12. The molecular formula is C10H9F2NO2. The lowest BCUT2D eigenvalue weighted by Gasteiger charge is -2.16.